The van der Waals surface area contributed by atoms with Crippen molar-refractivity contribution in [3.63, 3.8) is 0 Å². The van der Waals surface area contributed by atoms with Crippen LogP contribution in [0.2, 0.25) is 0 Å². The summed E-state index contributed by atoms with van der Waals surface area (Å²) < 4.78 is 5.96. The highest BCUT2D eigenvalue weighted by Crippen LogP contribution is 2.39. The number of carbonyl (C=O) groups is 2. The normalized spacial score (nSPS) is 20.3. The Hall–Kier alpha value is -3.55. The number of pyridine rings is 1. The molecule has 1 amide bonds. The molecule has 0 radical (unpaired) electrons. The summed E-state index contributed by atoms with van der Waals surface area (Å²) in [6.45, 7) is 0.518. The van der Waals surface area contributed by atoms with Gasteiger partial charge in [-0.15, -0.1) is 11.8 Å². The van der Waals surface area contributed by atoms with Crippen molar-refractivity contribution in [2.75, 3.05) is 5.75 Å². The zero-order chi connectivity index (χ0) is 23.1. The first-order valence-corrected chi connectivity index (χ1v) is 11.7. The van der Waals surface area contributed by atoms with Crippen LogP contribution in [0.4, 0.5) is 0 Å². The zero-order valence-electron chi connectivity index (χ0n) is 17.0. The summed E-state index contributed by atoms with van der Waals surface area (Å²) in [4.78, 5) is 38.7. The molecule has 5 N–H and O–H groups in total. The van der Waals surface area contributed by atoms with Crippen LogP contribution >= 0.6 is 23.3 Å². The molecule has 168 valence electrons. The fourth-order valence-electron chi connectivity index (χ4n) is 3.67. The third kappa shape index (κ3) is 3.90. The van der Waals surface area contributed by atoms with Gasteiger partial charge in [0.15, 0.2) is 24.8 Å². The summed E-state index contributed by atoms with van der Waals surface area (Å²) in [5, 5.41) is 16.4. The van der Waals surface area contributed by atoms with E-state index in [9.17, 15) is 19.5 Å². The molecule has 0 spiro atoms. The molecule has 0 bridgehead atoms. The van der Waals surface area contributed by atoms with Gasteiger partial charge in [-0.05, 0) is 17.7 Å². The molecule has 0 aromatic carbocycles. The first-order chi connectivity index (χ1) is 15.9. The van der Waals surface area contributed by atoms with E-state index >= 15 is 0 Å². The molecule has 1 fully saturated rings. The van der Waals surface area contributed by atoms with Crippen molar-refractivity contribution >= 4 is 35.2 Å². The fourth-order valence-corrected chi connectivity index (χ4v) is 5.40. The van der Waals surface area contributed by atoms with Gasteiger partial charge in [0.05, 0.1) is 5.69 Å². The maximum absolute atomic E-state index is 12.0. The van der Waals surface area contributed by atoms with E-state index in [1.165, 1.54) is 16.7 Å². The second-order valence-corrected chi connectivity index (χ2v) is 9.25. The Balaban J connectivity index is 1.28. The molecule has 1 unspecified atom stereocenters. The Morgan fingerprint density at radius 2 is 2.15 bits per heavy atom. The minimum Gasteiger partial charge on any atom is -0.477 e. The number of hydrogen-bond donors (Lipinski definition) is 4. The standard InChI is InChI=1S/C20H17N7O4S2/c21-14-17(28)27-15(19(29)30)11(9-32-18(14)27)2-1-5-26-6-3-10(4-7-26)12-8-13(24-23-12)16-22-20(31)33-25-16/h1-4,6-8,14,18H,5,9,21H2,(H2,22,25,29,30,31)/p+1/b2-1+/t14?,18-/m1/s1. The number of hydrogen-bond acceptors (Lipinski definition) is 8. The van der Waals surface area contributed by atoms with Crippen LogP contribution in [-0.4, -0.2) is 58.6 Å². The summed E-state index contributed by atoms with van der Waals surface area (Å²) in [5.74, 6) is -0.556. The maximum Gasteiger partial charge on any atom is 0.352 e. The number of aliphatic carboxylic acids is 1. The number of allylic oxidation sites excluding steroid dienone is 2. The van der Waals surface area contributed by atoms with Crippen LogP contribution < -0.4 is 15.2 Å². The highest BCUT2D eigenvalue weighted by Gasteiger charge is 2.51. The SMILES string of the molecule is NC1C(=O)N2C(C(=O)O)=C(/C=C/C[n+]3ccc(-c4cc(-c5nsc(=O)[nH]5)[nH]n4)cc3)CS[C@H]12. The molecular weight excluding hydrogens is 466 g/mol. The zero-order valence-corrected chi connectivity index (χ0v) is 18.6. The third-order valence-electron chi connectivity index (χ3n) is 5.34. The number of rotatable bonds is 6. The Morgan fingerprint density at radius 3 is 2.85 bits per heavy atom. The quantitative estimate of drug-likeness (QED) is 0.287. The highest BCUT2D eigenvalue weighted by atomic mass is 32.2. The largest absolute Gasteiger partial charge is 0.477 e. The van der Waals surface area contributed by atoms with E-state index in [2.05, 4.69) is 19.6 Å². The van der Waals surface area contributed by atoms with E-state index < -0.39 is 12.0 Å². The van der Waals surface area contributed by atoms with Gasteiger partial charge in [0.2, 0.25) is 5.91 Å². The van der Waals surface area contributed by atoms with Crippen molar-refractivity contribution < 1.29 is 19.3 Å². The van der Waals surface area contributed by atoms with E-state index in [4.69, 9.17) is 5.73 Å². The van der Waals surface area contributed by atoms with Crippen LogP contribution in [-0.2, 0) is 16.1 Å². The second-order valence-electron chi connectivity index (χ2n) is 7.41. The Morgan fingerprint density at radius 1 is 1.36 bits per heavy atom. The molecule has 3 aromatic heterocycles. The van der Waals surface area contributed by atoms with E-state index in [0.717, 1.165) is 17.1 Å². The van der Waals surface area contributed by atoms with Gasteiger partial charge >= 0.3 is 10.8 Å². The number of aromatic amines is 2. The third-order valence-corrected chi connectivity index (χ3v) is 7.20. The first kappa shape index (κ1) is 21.3. The number of nitrogens with zero attached hydrogens (tertiary/aromatic N) is 4. The average molecular weight is 485 g/mol. The predicted octanol–water partition coefficient (Wildman–Crippen LogP) is 0.313. The monoisotopic (exact) mass is 484 g/mol. The molecule has 2 atom stereocenters. The van der Waals surface area contributed by atoms with Crippen LogP contribution in [0.15, 0.2) is 58.8 Å². The molecule has 11 nitrogen and oxygen atoms in total. The molecule has 0 aliphatic carbocycles. The number of carboxylic acids is 1. The maximum atomic E-state index is 12.0. The van der Waals surface area contributed by atoms with Gasteiger partial charge in [-0.3, -0.25) is 24.6 Å². The van der Waals surface area contributed by atoms with Crippen LogP contribution in [0.5, 0.6) is 0 Å². The summed E-state index contributed by atoms with van der Waals surface area (Å²) in [5.41, 5.74) is 8.59. The summed E-state index contributed by atoms with van der Waals surface area (Å²) in [6, 6.07) is 4.97. The van der Waals surface area contributed by atoms with Crippen molar-refractivity contribution in [3.8, 4) is 22.8 Å². The Bertz CT molecular complexity index is 1350. The molecule has 2 aliphatic heterocycles. The highest BCUT2D eigenvalue weighted by molar-refractivity contribution is 8.00. The van der Waals surface area contributed by atoms with Crippen LogP contribution in [0.3, 0.4) is 0 Å². The lowest BCUT2D eigenvalue weighted by Crippen LogP contribution is -2.68. The van der Waals surface area contributed by atoms with Gasteiger partial charge < -0.3 is 10.8 Å². The van der Waals surface area contributed by atoms with E-state index in [1.807, 2.05) is 35.2 Å². The van der Waals surface area contributed by atoms with Crippen molar-refractivity contribution in [1.82, 2.24) is 24.5 Å². The number of nitrogens with one attached hydrogen (secondary N) is 2. The van der Waals surface area contributed by atoms with Crippen molar-refractivity contribution in [2.24, 2.45) is 5.73 Å². The lowest BCUT2D eigenvalue weighted by Gasteiger charge is -2.47. The fraction of sp³-hybridized carbons (Fsp3) is 0.200. The predicted molar refractivity (Wildman–Crippen MR) is 121 cm³/mol. The molecular formula is C20H18N7O4S2+. The van der Waals surface area contributed by atoms with Crippen molar-refractivity contribution in [2.45, 2.75) is 18.0 Å². The number of fused-ring (bicyclic) bond motifs is 1. The molecule has 5 heterocycles. The molecule has 2 aliphatic rings. The van der Waals surface area contributed by atoms with Gasteiger partial charge in [-0.2, -0.15) is 9.47 Å². The minimum atomic E-state index is -1.13. The number of nitrogens with two attached hydrogens (primary N) is 1. The molecule has 33 heavy (non-hydrogen) atoms. The van der Waals surface area contributed by atoms with Gasteiger partial charge in [0, 0.05) is 35.0 Å². The lowest BCUT2D eigenvalue weighted by molar-refractivity contribution is -0.686. The number of amides is 1. The minimum absolute atomic E-state index is 0.0119. The van der Waals surface area contributed by atoms with Gasteiger partial charge in [-0.1, -0.05) is 6.08 Å². The van der Waals surface area contributed by atoms with Gasteiger partial charge in [0.1, 0.15) is 22.8 Å². The number of aromatic nitrogens is 5. The van der Waals surface area contributed by atoms with Gasteiger partial charge in [0.25, 0.3) is 0 Å². The number of β-lactam (4-membered cyclic amide) rings is 1. The van der Waals surface area contributed by atoms with Crippen LogP contribution in [0.25, 0.3) is 22.8 Å². The van der Waals surface area contributed by atoms with Crippen molar-refractivity contribution in [3.05, 3.63) is 63.7 Å². The number of carboxylic acid groups (broad SMARTS) is 1. The molecule has 5 rings (SSSR count). The first-order valence-electron chi connectivity index (χ1n) is 9.87. The van der Waals surface area contributed by atoms with Crippen molar-refractivity contribution in [1.29, 1.82) is 0 Å². The van der Waals surface area contributed by atoms with Crippen LogP contribution in [0, 0.1) is 0 Å². The number of carbonyl (C=O) groups excluding carboxylic acids is 1. The van der Waals surface area contributed by atoms with E-state index in [0.29, 0.717) is 35.1 Å². The lowest BCUT2D eigenvalue weighted by atomic mass is 10.0. The number of thioether (sulfide) groups is 1. The smallest absolute Gasteiger partial charge is 0.352 e. The topological polar surface area (TPSA) is 162 Å². The summed E-state index contributed by atoms with van der Waals surface area (Å²) >= 11 is 2.32. The summed E-state index contributed by atoms with van der Waals surface area (Å²) in [7, 11) is 0. The Labute approximate surface area is 194 Å². The van der Waals surface area contributed by atoms with Gasteiger partial charge in [-0.25, -0.2) is 9.36 Å². The Kier molecular flexibility index (Phi) is 5.44. The molecule has 13 heteroatoms. The van der Waals surface area contributed by atoms with E-state index in [1.54, 1.807) is 12.1 Å². The molecule has 0 saturated carbocycles. The average Bonchev–Trinajstić information content (AvgIpc) is 3.47. The van der Waals surface area contributed by atoms with E-state index in [-0.39, 0.29) is 21.9 Å². The van der Waals surface area contributed by atoms with Crippen LogP contribution in [0.1, 0.15) is 0 Å². The molecule has 1 saturated heterocycles. The number of H-pyrrole nitrogens is 2. The summed E-state index contributed by atoms with van der Waals surface area (Å²) in [6.07, 6.45) is 7.37. The second kappa shape index (κ2) is 8.42. The molecule has 3 aromatic rings.